The van der Waals surface area contributed by atoms with Gasteiger partial charge in [0.15, 0.2) is 0 Å². The first kappa shape index (κ1) is 18.2. The molecule has 3 N–H and O–H groups in total. The van der Waals surface area contributed by atoms with Gasteiger partial charge >= 0.3 is 0 Å². The molecule has 1 fully saturated rings. The molecule has 0 bridgehead atoms. The van der Waals surface area contributed by atoms with E-state index < -0.39 is 0 Å². The zero-order chi connectivity index (χ0) is 14.8. The molecule has 0 radical (unpaired) electrons. The maximum atomic E-state index is 10.3. The van der Waals surface area contributed by atoms with Gasteiger partial charge in [-0.15, -0.1) is 12.4 Å². The third-order valence-corrected chi connectivity index (χ3v) is 4.14. The van der Waals surface area contributed by atoms with E-state index in [1.165, 1.54) is 0 Å². The summed E-state index contributed by atoms with van der Waals surface area (Å²) < 4.78 is 0. The van der Waals surface area contributed by atoms with Crippen LogP contribution in [0.4, 0.5) is 0 Å². The number of aryl methyl sites for hydroxylation is 1. The predicted molar refractivity (Wildman–Crippen MR) is 88.1 cm³/mol. The zero-order valence-corrected chi connectivity index (χ0v) is 13.9. The van der Waals surface area contributed by atoms with Gasteiger partial charge in [0.1, 0.15) is 5.75 Å². The molecule has 1 aromatic rings. The van der Waals surface area contributed by atoms with Gasteiger partial charge in [0.25, 0.3) is 0 Å². The van der Waals surface area contributed by atoms with Gasteiger partial charge in [-0.3, -0.25) is 4.90 Å². The molecule has 1 aliphatic heterocycles. The number of benzene rings is 1. The van der Waals surface area contributed by atoms with Gasteiger partial charge in [-0.05, 0) is 18.6 Å². The summed E-state index contributed by atoms with van der Waals surface area (Å²) in [4.78, 5) is 2.36. The number of phenols is 1. The molecule has 1 aliphatic rings. The SMILES string of the molecule is Cc1ccc([C@H](N2CCNCC2)C(C)(C)CO)c(O)c1.Cl. The van der Waals surface area contributed by atoms with Gasteiger partial charge in [-0.25, -0.2) is 0 Å². The number of hydrogen-bond acceptors (Lipinski definition) is 4. The van der Waals surface area contributed by atoms with Gasteiger partial charge in [-0.2, -0.15) is 0 Å². The lowest BCUT2D eigenvalue weighted by Gasteiger charge is -2.43. The summed E-state index contributed by atoms with van der Waals surface area (Å²) in [5.74, 6) is 0.329. The first-order valence-electron chi connectivity index (χ1n) is 7.31. The Balaban J connectivity index is 0.00000220. The zero-order valence-electron chi connectivity index (χ0n) is 13.1. The van der Waals surface area contributed by atoms with E-state index in [4.69, 9.17) is 0 Å². The van der Waals surface area contributed by atoms with Crippen LogP contribution in [0.15, 0.2) is 18.2 Å². The lowest BCUT2D eigenvalue weighted by atomic mass is 9.79. The normalized spacial score (nSPS) is 18.1. The molecule has 0 saturated carbocycles. The number of aliphatic hydroxyl groups excluding tert-OH is 1. The number of aliphatic hydroxyl groups is 1. The number of phenolic OH excluding ortho intramolecular Hbond substituents is 1. The maximum absolute atomic E-state index is 10.3. The standard InChI is InChI=1S/C16H26N2O2.ClH/c1-12-4-5-13(14(20)10-12)15(16(2,3)11-19)18-8-6-17-7-9-18;/h4-5,10,15,17,19-20H,6-9,11H2,1-3H3;1H/t15-;/m0./s1. The van der Waals surface area contributed by atoms with Crippen molar-refractivity contribution in [2.45, 2.75) is 26.8 Å². The second-order valence-corrected chi connectivity index (χ2v) is 6.40. The molecule has 2 rings (SSSR count). The summed E-state index contributed by atoms with van der Waals surface area (Å²) in [7, 11) is 0. The van der Waals surface area contributed by atoms with E-state index in [2.05, 4.69) is 24.1 Å². The molecular weight excluding hydrogens is 288 g/mol. The van der Waals surface area contributed by atoms with E-state index in [1.807, 2.05) is 19.1 Å². The number of rotatable bonds is 4. The van der Waals surface area contributed by atoms with Gasteiger partial charge in [0.2, 0.25) is 0 Å². The van der Waals surface area contributed by atoms with Crippen LogP contribution in [0.2, 0.25) is 0 Å². The fourth-order valence-electron chi connectivity index (χ4n) is 3.02. The molecular formula is C16H27ClN2O2. The monoisotopic (exact) mass is 314 g/mol. The van der Waals surface area contributed by atoms with Crippen molar-refractivity contribution in [1.29, 1.82) is 0 Å². The largest absolute Gasteiger partial charge is 0.508 e. The second-order valence-electron chi connectivity index (χ2n) is 6.40. The number of piperazine rings is 1. The molecule has 1 saturated heterocycles. The van der Waals surface area contributed by atoms with Crippen molar-refractivity contribution in [3.8, 4) is 5.75 Å². The molecule has 0 unspecified atom stereocenters. The van der Waals surface area contributed by atoms with E-state index in [1.54, 1.807) is 6.07 Å². The summed E-state index contributed by atoms with van der Waals surface area (Å²) in [5, 5.41) is 23.5. The molecule has 4 nitrogen and oxygen atoms in total. The summed E-state index contributed by atoms with van der Waals surface area (Å²) in [5.41, 5.74) is 1.66. The average molecular weight is 315 g/mol. The van der Waals surface area contributed by atoms with Crippen LogP contribution in [0.25, 0.3) is 0 Å². The Kier molecular flexibility index (Phi) is 6.47. The van der Waals surface area contributed by atoms with Crippen LogP contribution in [0.3, 0.4) is 0 Å². The van der Waals surface area contributed by atoms with Crippen LogP contribution < -0.4 is 5.32 Å². The molecule has 0 amide bonds. The Morgan fingerprint density at radius 3 is 2.43 bits per heavy atom. The van der Waals surface area contributed by atoms with Crippen LogP contribution >= 0.6 is 12.4 Å². The van der Waals surface area contributed by atoms with Gasteiger partial charge in [0, 0.05) is 49.8 Å². The van der Waals surface area contributed by atoms with Gasteiger partial charge in [-0.1, -0.05) is 26.0 Å². The maximum Gasteiger partial charge on any atom is 0.120 e. The Bertz CT molecular complexity index is 460. The number of nitrogens with one attached hydrogen (secondary N) is 1. The number of aromatic hydroxyl groups is 1. The Hall–Kier alpha value is -0.810. The van der Waals surface area contributed by atoms with Crippen molar-refractivity contribution < 1.29 is 10.2 Å². The Labute approximate surface area is 133 Å². The Morgan fingerprint density at radius 1 is 1.29 bits per heavy atom. The quantitative estimate of drug-likeness (QED) is 0.796. The molecule has 21 heavy (non-hydrogen) atoms. The third-order valence-electron chi connectivity index (χ3n) is 4.14. The van der Waals surface area contributed by atoms with Gasteiger partial charge in [0.05, 0.1) is 0 Å². The molecule has 1 heterocycles. The molecule has 5 heteroatoms. The van der Waals surface area contributed by atoms with Crippen LogP contribution in [-0.4, -0.2) is 47.9 Å². The van der Waals surface area contributed by atoms with Crippen molar-refractivity contribution in [3.05, 3.63) is 29.3 Å². The molecule has 1 atom stereocenters. The minimum Gasteiger partial charge on any atom is -0.508 e. The fraction of sp³-hybridized carbons (Fsp3) is 0.625. The summed E-state index contributed by atoms with van der Waals surface area (Å²) in [6, 6.07) is 5.85. The highest BCUT2D eigenvalue weighted by Gasteiger charge is 2.36. The highest BCUT2D eigenvalue weighted by atomic mass is 35.5. The van der Waals surface area contributed by atoms with Gasteiger partial charge < -0.3 is 15.5 Å². The van der Waals surface area contributed by atoms with Crippen molar-refractivity contribution in [2.75, 3.05) is 32.8 Å². The van der Waals surface area contributed by atoms with E-state index in [9.17, 15) is 10.2 Å². The summed E-state index contributed by atoms with van der Waals surface area (Å²) in [6.07, 6.45) is 0. The van der Waals surface area contributed by atoms with E-state index in [0.29, 0.717) is 5.75 Å². The number of hydrogen-bond donors (Lipinski definition) is 3. The molecule has 0 spiro atoms. The lowest BCUT2D eigenvalue weighted by Crippen LogP contribution is -2.49. The van der Waals surface area contributed by atoms with Crippen molar-refractivity contribution in [1.82, 2.24) is 10.2 Å². The highest BCUT2D eigenvalue weighted by molar-refractivity contribution is 5.85. The van der Waals surface area contributed by atoms with E-state index in [0.717, 1.165) is 37.3 Å². The fourth-order valence-corrected chi connectivity index (χ4v) is 3.02. The van der Waals surface area contributed by atoms with Crippen molar-refractivity contribution in [3.63, 3.8) is 0 Å². The number of halogens is 1. The minimum atomic E-state index is -0.302. The molecule has 0 aliphatic carbocycles. The number of nitrogens with zero attached hydrogens (tertiary/aromatic N) is 1. The minimum absolute atomic E-state index is 0. The molecule has 1 aromatic carbocycles. The summed E-state index contributed by atoms with van der Waals surface area (Å²) in [6.45, 7) is 9.94. The van der Waals surface area contributed by atoms with Crippen molar-refractivity contribution >= 4 is 12.4 Å². The lowest BCUT2D eigenvalue weighted by molar-refractivity contribution is 0.0293. The van der Waals surface area contributed by atoms with E-state index >= 15 is 0 Å². The first-order chi connectivity index (χ1) is 9.45. The second kappa shape index (κ2) is 7.45. The third kappa shape index (κ3) is 4.10. The first-order valence-corrected chi connectivity index (χ1v) is 7.31. The summed E-state index contributed by atoms with van der Waals surface area (Å²) >= 11 is 0. The van der Waals surface area contributed by atoms with Crippen LogP contribution in [-0.2, 0) is 0 Å². The smallest absolute Gasteiger partial charge is 0.120 e. The topological polar surface area (TPSA) is 55.7 Å². The van der Waals surface area contributed by atoms with Crippen LogP contribution in [0.5, 0.6) is 5.75 Å². The predicted octanol–water partition coefficient (Wildman–Crippen LogP) is 2.09. The highest BCUT2D eigenvalue weighted by Crippen LogP contribution is 2.41. The Morgan fingerprint density at radius 2 is 1.90 bits per heavy atom. The molecule has 120 valence electrons. The molecule has 0 aromatic heterocycles. The average Bonchev–Trinajstić information content (AvgIpc) is 2.43. The van der Waals surface area contributed by atoms with Crippen molar-refractivity contribution in [2.24, 2.45) is 5.41 Å². The van der Waals surface area contributed by atoms with E-state index in [-0.39, 0.29) is 30.5 Å². The van der Waals surface area contributed by atoms with Crippen LogP contribution in [0.1, 0.15) is 31.0 Å². The van der Waals surface area contributed by atoms with Crippen LogP contribution in [0, 0.1) is 12.3 Å².